The van der Waals surface area contributed by atoms with Gasteiger partial charge in [0, 0.05) is 36.6 Å². The van der Waals surface area contributed by atoms with Gasteiger partial charge in [0.15, 0.2) is 5.82 Å². The molecule has 8 heteroatoms. The molecule has 1 saturated carbocycles. The van der Waals surface area contributed by atoms with Crippen LogP contribution in [0.25, 0.3) is 11.4 Å². The summed E-state index contributed by atoms with van der Waals surface area (Å²) in [6.07, 6.45) is -1.64. The Bertz CT molecular complexity index is 750. The molecule has 0 N–H and O–H groups in total. The van der Waals surface area contributed by atoms with Crippen molar-refractivity contribution in [2.45, 2.75) is 51.2 Å². The summed E-state index contributed by atoms with van der Waals surface area (Å²) >= 11 is 0. The van der Waals surface area contributed by atoms with Crippen LogP contribution in [0.3, 0.4) is 0 Å². The fraction of sp³-hybridized carbons (Fsp3) is 0.500. The van der Waals surface area contributed by atoms with Crippen LogP contribution < -0.4 is 0 Å². The van der Waals surface area contributed by atoms with Gasteiger partial charge in [0.2, 0.25) is 0 Å². The first kappa shape index (κ1) is 16.6. The summed E-state index contributed by atoms with van der Waals surface area (Å²) in [5.41, 5.74) is -0.524. The quantitative estimate of drug-likeness (QED) is 0.854. The number of halogens is 3. The van der Waals surface area contributed by atoms with Gasteiger partial charge in [-0.15, -0.1) is 0 Å². The van der Waals surface area contributed by atoms with E-state index in [4.69, 9.17) is 0 Å². The normalized spacial score (nSPS) is 18.6. The first-order valence-corrected chi connectivity index (χ1v) is 7.77. The maximum atomic E-state index is 12.6. The summed E-state index contributed by atoms with van der Waals surface area (Å²) in [6.45, 7) is 3.90. The number of carbonyl (C=O) groups is 1. The average Bonchev–Trinajstić information content (AvgIpc) is 3.12. The summed E-state index contributed by atoms with van der Waals surface area (Å²) in [6, 6.07) is 2.28. The van der Waals surface area contributed by atoms with E-state index >= 15 is 0 Å². The van der Waals surface area contributed by atoms with Crippen molar-refractivity contribution in [2.75, 3.05) is 0 Å². The number of nitrogens with zero attached hydrogens (tertiary/aromatic N) is 4. The molecule has 0 amide bonds. The van der Waals surface area contributed by atoms with Crippen molar-refractivity contribution >= 4 is 5.78 Å². The molecule has 1 atom stereocenters. The van der Waals surface area contributed by atoms with Gasteiger partial charge in [-0.05, 0) is 32.4 Å². The summed E-state index contributed by atoms with van der Waals surface area (Å²) in [4.78, 5) is 19.5. The van der Waals surface area contributed by atoms with E-state index in [1.54, 1.807) is 4.68 Å². The zero-order valence-electron chi connectivity index (χ0n) is 13.3. The number of hydrogen-bond acceptors (Lipinski definition) is 4. The van der Waals surface area contributed by atoms with Gasteiger partial charge in [0.1, 0.15) is 17.3 Å². The highest BCUT2D eigenvalue weighted by atomic mass is 19.4. The van der Waals surface area contributed by atoms with Crippen LogP contribution in [0.15, 0.2) is 18.3 Å². The van der Waals surface area contributed by atoms with E-state index in [2.05, 4.69) is 15.1 Å². The highest BCUT2D eigenvalue weighted by molar-refractivity contribution is 5.81. The number of carbonyl (C=O) groups excluding carboxylic acids is 1. The predicted molar refractivity (Wildman–Crippen MR) is 80.2 cm³/mol. The van der Waals surface area contributed by atoms with E-state index in [0.717, 1.165) is 18.7 Å². The van der Waals surface area contributed by atoms with Crippen LogP contribution in [0.1, 0.15) is 56.6 Å². The van der Waals surface area contributed by atoms with Gasteiger partial charge < -0.3 is 0 Å². The highest BCUT2D eigenvalue weighted by Crippen LogP contribution is 2.34. The summed E-state index contributed by atoms with van der Waals surface area (Å²) in [7, 11) is 0. The Hall–Kier alpha value is -2.25. The third kappa shape index (κ3) is 3.18. The van der Waals surface area contributed by atoms with Crippen LogP contribution in [0.5, 0.6) is 0 Å². The molecule has 0 radical (unpaired) electrons. The van der Waals surface area contributed by atoms with Crippen LogP contribution in [0.2, 0.25) is 0 Å². The minimum Gasteiger partial charge on any atom is -0.300 e. The van der Waals surface area contributed by atoms with E-state index < -0.39 is 11.9 Å². The number of ketones is 1. The number of Topliss-reactive ketones (excluding diaryl/α,β-unsaturated/α-hetero) is 1. The number of hydrogen-bond donors (Lipinski definition) is 0. The van der Waals surface area contributed by atoms with Crippen LogP contribution in [-0.4, -0.2) is 25.5 Å². The molecule has 0 aliphatic heterocycles. The topological polar surface area (TPSA) is 60.7 Å². The molecule has 0 aromatic carbocycles. The molecule has 0 bridgehead atoms. The Morgan fingerprint density at radius 2 is 2.04 bits per heavy atom. The maximum Gasteiger partial charge on any atom is 0.433 e. The maximum absolute atomic E-state index is 12.6. The van der Waals surface area contributed by atoms with Gasteiger partial charge in [0.05, 0.1) is 0 Å². The smallest absolute Gasteiger partial charge is 0.300 e. The van der Waals surface area contributed by atoms with E-state index in [9.17, 15) is 18.0 Å². The van der Waals surface area contributed by atoms with E-state index in [1.165, 1.54) is 6.07 Å². The van der Waals surface area contributed by atoms with E-state index in [1.807, 2.05) is 13.8 Å². The Kier molecular flexibility index (Phi) is 4.15. The summed E-state index contributed by atoms with van der Waals surface area (Å²) < 4.78 is 39.6. The standard InChI is InChI=1S/C16H17F3N4O/c1-9(2)23-15(10-3-5-12(24)7-10)21-14(22-23)11-4-6-13(20-8-11)16(17,18)19/h4,6,8-10H,3,5,7H2,1-2H3/t10-/m0/s1. The third-order valence-corrected chi connectivity index (χ3v) is 4.07. The van der Waals surface area contributed by atoms with Crippen LogP contribution in [0.4, 0.5) is 13.2 Å². The Morgan fingerprint density at radius 3 is 2.54 bits per heavy atom. The number of pyridine rings is 1. The number of rotatable bonds is 3. The molecular formula is C16H17F3N4O. The first-order chi connectivity index (χ1) is 11.3. The van der Waals surface area contributed by atoms with Crippen molar-refractivity contribution in [2.24, 2.45) is 0 Å². The predicted octanol–water partition coefficient (Wildman–Crippen LogP) is 3.78. The number of aromatic nitrogens is 4. The molecule has 24 heavy (non-hydrogen) atoms. The van der Waals surface area contributed by atoms with Crippen molar-refractivity contribution in [3.05, 3.63) is 29.8 Å². The minimum atomic E-state index is -4.47. The van der Waals surface area contributed by atoms with Crippen molar-refractivity contribution in [3.63, 3.8) is 0 Å². The second kappa shape index (κ2) is 5.99. The molecule has 2 aromatic heterocycles. The van der Waals surface area contributed by atoms with Crippen molar-refractivity contribution in [3.8, 4) is 11.4 Å². The van der Waals surface area contributed by atoms with Crippen molar-refractivity contribution in [1.29, 1.82) is 0 Å². The SMILES string of the molecule is CC(C)n1nc(-c2ccc(C(F)(F)F)nc2)nc1[C@H]1CCC(=O)C1. The fourth-order valence-electron chi connectivity index (χ4n) is 2.84. The molecule has 128 valence electrons. The molecule has 0 saturated heterocycles. The Labute approximate surface area is 136 Å². The van der Waals surface area contributed by atoms with Gasteiger partial charge >= 0.3 is 6.18 Å². The van der Waals surface area contributed by atoms with Crippen LogP contribution in [0, 0.1) is 0 Å². The van der Waals surface area contributed by atoms with E-state index in [-0.39, 0.29) is 17.7 Å². The van der Waals surface area contributed by atoms with Gasteiger partial charge in [0.25, 0.3) is 0 Å². The molecule has 1 aliphatic carbocycles. The molecule has 1 aliphatic rings. The number of alkyl halides is 3. The lowest BCUT2D eigenvalue weighted by molar-refractivity contribution is -0.141. The Balaban J connectivity index is 1.95. The summed E-state index contributed by atoms with van der Waals surface area (Å²) in [5, 5.41) is 4.41. The molecule has 1 fully saturated rings. The molecule has 0 spiro atoms. The lowest BCUT2D eigenvalue weighted by Gasteiger charge is -2.12. The third-order valence-electron chi connectivity index (χ3n) is 4.07. The van der Waals surface area contributed by atoms with Crippen LogP contribution in [-0.2, 0) is 11.0 Å². The summed E-state index contributed by atoms with van der Waals surface area (Å²) in [5.74, 6) is 1.27. The minimum absolute atomic E-state index is 0.0172. The molecule has 0 unspecified atom stereocenters. The molecule has 3 rings (SSSR count). The molecule has 2 heterocycles. The second-order valence-electron chi connectivity index (χ2n) is 6.24. The monoisotopic (exact) mass is 338 g/mol. The van der Waals surface area contributed by atoms with Crippen molar-refractivity contribution < 1.29 is 18.0 Å². The molecule has 2 aromatic rings. The van der Waals surface area contributed by atoms with Gasteiger partial charge in [-0.3, -0.25) is 9.78 Å². The van der Waals surface area contributed by atoms with Crippen LogP contribution >= 0.6 is 0 Å². The average molecular weight is 338 g/mol. The van der Waals surface area contributed by atoms with Crippen molar-refractivity contribution in [1.82, 2.24) is 19.7 Å². The molecule has 5 nitrogen and oxygen atoms in total. The van der Waals surface area contributed by atoms with E-state index in [0.29, 0.717) is 30.1 Å². The zero-order chi connectivity index (χ0) is 17.5. The first-order valence-electron chi connectivity index (χ1n) is 7.77. The van der Waals surface area contributed by atoms with Gasteiger partial charge in [-0.1, -0.05) is 0 Å². The second-order valence-corrected chi connectivity index (χ2v) is 6.24. The molecular weight excluding hydrogens is 321 g/mol. The highest BCUT2D eigenvalue weighted by Gasteiger charge is 2.33. The van der Waals surface area contributed by atoms with Gasteiger partial charge in [-0.2, -0.15) is 18.3 Å². The lowest BCUT2D eigenvalue weighted by atomic mass is 10.1. The van der Waals surface area contributed by atoms with Gasteiger partial charge in [-0.25, -0.2) is 9.67 Å². The largest absolute Gasteiger partial charge is 0.433 e. The lowest BCUT2D eigenvalue weighted by Crippen LogP contribution is -2.11. The zero-order valence-corrected chi connectivity index (χ0v) is 13.3. The Morgan fingerprint density at radius 1 is 1.29 bits per heavy atom. The fourth-order valence-corrected chi connectivity index (χ4v) is 2.84.